The summed E-state index contributed by atoms with van der Waals surface area (Å²) in [5.74, 6) is -2.70. The first-order valence-corrected chi connectivity index (χ1v) is 15.7. The maximum Gasteiger partial charge on any atom is 0.250 e. The molecule has 3 fully saturated rings. The number of nitrogens with one attached hydrogen (secondary N) is 2. The SMILES string of the molecule is CC[C@@]12CCC3(O1)C(C(=O)Nc1c(C)cccc1Cl)N([C@@H](CO)Cc1ccccc1)C(=O)[C@@H]3[C@@H]2C(=O)NCc1ccccc1. The van der Waals surface area contributed by atoms with Gasteiger partial charge in [0.1, 0.15) is 11.6 Å². The molecule has 2 unspecified atom stereocenters. The number of likely N-dealkylation sites (tertiary alicyclic amines) is 1. The lowest BCUT2D eigenvalue weighted by Gasteiger charge is -2.37. The molecule has 0 aromatic heterocycles. The van der Waals surface area contributed by atoms with E-state index in [1.54, 1.807) is 12.1 Å². The number of hydrogen-bond acceptors (Lipinski definition) is 5. The average Bonchev–Trinajstić information content (AvgIpc) is 3.65. The predicted molar refractivity (Wildman–Crippen MR) is 168 cm³/mol. The number of para-hydroxylation sites is 1. The molecular weight excluding hydrogens is 578 g/mol. The molecule has 6 rings (SSSR count). The number of carbonyl (C=O) groups excluding carboxylic acids is 3. The van der Waals surface area contributed by atoms with E-state index >= 15 is 0 Å². The monoisotopic (exact) mass is 615 g/mol. The number of carbonyl (C=O) groups is 3. The molecule has 0 radical (unpaired) electrons. The number of fused-ring (bicyclic) bond motifs is 1. The second-order valence-electron chi connectivity index (χ2n) is 12.2. The van der Waals surface area contributed by atoms with E-state index in [0.717, 1.165) is 16.7 Å². The summed E-state index contributed by atoms with van der Waals surface area (Å²) in [5, 5.41) is 17.1. The van der Waals surface area contributed by atoms with Crippen LogP contribution in [0.4, 0.5) is 5.69 Å². The van der Waals surface area contributed by atoms with Crippen molar-refractivity contribution < 1.29 is 24.2 Å². The van der Waals surface area contributed by atoms with Crippen LogP contribution in [-0.4, -0.2) is 57.6 Å². The van der Waals surface area contributed by atoms with E-state index in [-0.39, 0.29) is 18.4 Å². The van der Waals surface area contributed by atoms with Crippen molar-refractivity contribution in [1.29, 1.82) is 0 Å². The maximum absolute atomic E-state index is 14.7. The standard InChI is InChI=1S/C35H38ClN3O5/c1-3-34-17-18-35(44-34)28(27(34)31(41)37-20-24-14-8-5-9-15-24)33(43)39(25(21-40)19-23-12-6-4-7-13-23)30(35)32(42)38-29-22(2)11-10-16-26(29)36/h4-16,25,27-28,30,40H,3,17-21H2,1-2H3,(H,37,41)(H,38,42)/t25-,27-,28+,30?,34+,35?/m1/s1. The number of aryl methyl sites for hydroxylation is 1. The number of anilines is 1. The van der Waals surface area contributed by atoms with E-state index in [4.69, 9.17) is 16.3 Å². The summed E-state index contributed by atoms with van der Waals surface area (Å²) in [6.07, 6.45) is 1.85. The number of amides is 3. The van der Waals surface area contributed by atoms with Crippen LogP contribution in [0, 0.1) is 18.8 Å². The number of hydrogen-bond donors (Lipinski definition) is 3. The first-order valence-electron chi connectivity index (χ1n) is 15.3. The molecule has 8 nitrogen and oxygen atoms in total. The fourth-order valence-electron chi connectivity index (χ4n) is 7.76. The van der Waals surface area contributed by atoms with Gasteiger partial charge in [0.05, 0.1) is 40.8 Å². The largest absolute Gasteiger partial charge is 0.394 e. The third kappa shape index (κ3) is 4.99. The van der Waals surface area contributed by atoms with E-state index in [0.29, 0.717) is 42.9 Å². The van der Waals surface area contributed by atoms with Gasteiger partial charge in [0, 0.05) is 6.54 Å². The number of aliphatic hydroxyl groups is 1. The number of aliphatic hydroxyl groups excluding tert-OH is 1. The van der Waals surface area contributed by atoms with E-state index in [1.807, 2.05) is 80.6 Å². The summed E-state index contributed by atoms with van der Waals surface area (Å²) >= 11 is 6.51. The van der Waals surface area contributed by atoms with Crippen LogP contribution in [0.15, 0.2) is 78.9 Å². The molecule has 44 heavy (non-hydrogen) atoms. The lowest BCUT2D eigenvalue weighted by Crippen LogP contribution is -2.57. The summed E-state index contributed by atoms with van der Waals surface area (Å²) in [4.78, 5) is 44.6. The number of ether oxygens (including phenoxy) is 1. The van der Waals surface area contributed by atoms with Crippen LogP contribution in [0.2, 0.25) is 5.02 Å². The Labute approximate surface area is 262 Å². The van der Waals surface area contributed by atoms with Crippen molar-refractivity contribution >= 4 is 35.0 Å². The van der Waals surface area contributed by atoms with Gasteiger partial charge in [0.25, 0.3) is 0 Å². The topological polar surface area (TPSA) is 108 Å². The third-order valence-corrected chi connectivity index (χ3v) is 10.2. The molecule has 0 saturated carbocycles. The molecule has 1 spiro atoms. The molecule has 3 saturated heterocycles. The van der Waals surface area contributed by atoms with Crippen molar-refractivity contribution in [2.45, 2.75) is 69.4 Å². The van der Waals surface area contributed by atoms with Crippen molar-refractivity contribution in [2.75, 3.05) is 11.9 Å². The minimum absolute atomic E-state index is 0.262. The van der Waals surface area contributed by atoms with Gasteiger partial charge in [-0.3, -0.25) is 14.4 Å². The van der Waals surface area contributed by atoms with Gasteiger partial charge < -0.3 is 25.4 Å². The minimum atomic E-state index is -1.23. The second-order valence-corrected chi connectivity index (χ2v) is 12.6. The van der Waals surface area contributed by atoms with Crippen LogP contribution >= 0.6 is 11.6 Å². The molecule has 3 aromatic carbocycles. The van der Waals surface area contributed by atoms with Crippen molar-refractivity contribution in [3.8, 4) is 0 Å². The molecule has 3 aliphatic heterocycles. The van der Waals surface area contributed by atoms with E-state index in [2.05, 4.69) is 10.6 Å². The highest BCUT2D eigenvalue weighted by atomic mass is 35.5. The van der Waals surface area contributed by atoms with Crippen molar-refractivity contribution in [2.24, 2.45) is 11.8 Å². The molecule has 230 valence electrons. The van der Waals surface area contributed by atoms with Crippen LogP contribution in [0.1, 0.15) is 42.9 Å². The Morgan fingerprint density at radius 3 is 2.32 bits per heavy atom. The predicted octanol–water partition coefficient (Wildman–Crippen LogP) is 4.66. The highest BCUT2D eigenvalue weighted by molar-refractivity contribution is 6.34. The lowest BCUT2D eigenvalue weighted by atomic mass is 9.65. The molecule has 3 N–H and O–H groups in total. The Bertz CT molecular complexity index is 1530. The molecule has 3 amide bonds. The molecule has 2 bridgehead atoms. The second kappa shape index (κ2) is 12.0. The summed E-state index contributed by atoms with van der Waals surface area (Å²) in [5.41, 5.74) is 0.997. The molecule has 3 heterocycles. The van der Waals surface area contributed by atoms with Gasteiger partial charge in [0.2, 0.25) is 17.7 Å². The van der Waals surface area contributed by atoms with E-state index in [9.17, 15) is 19.5 Å². The highest BCUT2D eigenvalue weighted by Gasteiger charge is 2.79. The molecular formula is C35H38ClN3O5. The van der Waals surface area contributed by atoms with Crippen molar-refractivity contribution in [3.63, 3.8) is 0 Å². The lowest BCUT2D eigenvalue weighted by molar-refractivity contribution is -0.149. The number of nitrogens with zero attached hydrogens (tertiary/aromatic N) is 1. The maximum atomic E-state index is 14.7. The van der Waals surface area contributed by atoms with Crippen LogP contribution in [0.25, 0.3) is 0 Å². The van der Waals surface area contributed by atoms with Gasteiger partial charge in [-0.1, -0.05) is 91.3 Å². The molecule has 3 aliphatic rings. The number of halogens is 1. The minimum Gasteiger partial charge on any atom is -0.394 e. The third-order valence-electron chi connectivity index (χ3n) is 9.85. The van der Waals surface area contributed by atoms with Gasteiger partial charge in [-0.15, -0.1) is 0 Å². The Morgan fingerprint density at radius 2 is 1.68 bits per heavy atom. The Kier molecular flexibility index (Phi) is 8.26. The highest BCUT2D eigenvalue weighted by Crippen LogP contribution is 2.64. The Morgan fingerprint density at radius 1 is 1.00 bits per heavy atom. The van der Waals surface area contributed by atoms with E-state index < -0.39 is 41.0 Å². The molecule has 6 atom stereocenters. The first-order chi connectivity index (χ1) is 21.2. The number of benzene rings is 3. The summed E-state index contributed by atoms with van der Waals surface area (Å²) in [7, 11) is 0. The Hall–Kier alpha value is -3.72. The fourth-order valence-corrected chi connectivity index (χ4v) is 8.03. The zero-order valence-corrected chi connectivity index (χ0v) is 25.7. The summed E-state index contributed by atoms with van der Waals surface area (Å²) in [6.45, 7) is 3.77. The first kappa shape index (κ1) is 30.3. The molecule has 3 aromatic rings. The quantitative estimate of drug-likeness (QED) is 0.307. The normalized spacial score (nSPS) is 27.7. The van der Waals surface area contributed by atoms with Crippen LogP contribution < -0.4 is 10.6 Å². The fraction of sp³-hybridized carbons (Fsp3) is 0.400. The summed E-state index contributed by atoms with van der Waals surface area (Å²) < 4.78 is 6.89. The summed E-state index contributed by atoms with van der Waals surface area (Å²) in [6, 6.07) is 22.7. The molecule has 0 aliphatic carbocycles. The average molecular weight is 616 g/mol. The van der Waals surface area contributed by atoms with Gasteiger partial charge in [-0.25, -0.2) is 0 Å². The molecule has 9 heteroatoms. The number of rotatable bonds is 10. The van der Waals surface area contributed by atoms with Crippen molar-refractivity contribution in [1.82, 2.24) is 10.2 Å². The van der Waals surface area contributed by atoms with Crippen LogP contribution in [-0.2, 0) is 32.1 Å². The van der Waals surface area contributed by atoms with Crippen molar-refractivity contribution in [3.05, 3.63) is 101 Å². The van der Waals surface area contributed by atoms with Gasteiger partial charge in [-0.05, 0) is 55.4 Å². The zero-order chi connectivity index (χ0) is 31.1. The van der Waals surface area contributed by atoms with Gasteiger partial charge in [0.15, 0.2) is 0 Å². The van der Waals surface area contributed by atoms with Crippen LogP contribution in [0.3, 0.4) is 0 Å². The van der Waals surface area contributed by atoms with Gasteiger partial charge >= 0.3 is 0 Å². The Balaban J connectivity index is 1.40. The van der Waals surface area contributed by atoms with Crippen LogP contribution in [0.5, 0.6) is 0 Å². The smallest absolute Gasteiger partial charge is 0.250 e. The van der Waals surface area contributed by atoms with Gasteiger partial charge in [-0.2, -0.15) is 0 Å². The van der Waals surface area contributed by atoms with E-state index in [1.165, 1.54) is 4.90 Å². The zero-order valence-electron chi connectivity index (χ0n) is 25.0.